The lowest BCUT2D eigenvalue weighted by atomic mass is 10.3. The van der Waals surface area contributed by atoms with Crippen LogP contribution in [-0.4, -0.2) is 47.1 Å². The van der Waals surface area contributed by atoms with Crippen molar-refractivity contribution >= 4 is 11.6 Å². The number of benzene rings is 1. The number of ether oxygens (including phenoxy) is 1. The maximum atomic E-state index is 11.7. The fourth-order valence-electron chi connectivity index (χ4n) is 1.34. The monoisotopic (exact) mass is 268 g/mol. The van der Waals surface area contributed by atoms with Gasteiger partial charge >= 0.3 is 5.69 Å². The molecule has 0 bridgehead atoms. The molecule has 1 N–H and O–H groups in total. The third kappa shape index (κ3) is 3.92. The van der Waals surface area contributed by atoms with Crippen LogP contribution in [0.3, 0.4) is 0 Å². The second kappa shape index (κ2) is 6.69. The van der Waals surface area contributed by atoms with Gasteiger partial charge in [-0.05, 0) is 13.0 Å². The first-order valence-corrected chi connectivity index (χ1v) is 5.70. The highest BCUT2D eigenvalue weighted by Gasteiger charge is 2.18. The van der Waals surface area contributed by atoms with Crippen LogP contribution in [0.5, 0.6) is 5.75 Å². The van der Waals surface area contributed by atoms with Gasteiger partial charge in [-0.2, -0.15) is 0 Å². The smallest absolute Gasteiger partial charge is 0.310 e. The highest BCUT2D eigenvalue weighted by Crippen LogP contribution is 2.25. The van der Waals surface area contributed by atoms with E-state index >= 15 is 0 Å². The largest absolute Gasteiger partial charge is 0.477 e. The van der Waals surface area contributed by atoms with Gasteiger partial charge in [0.1, 0.15) is 0 Å². The molecule has 0 saturated heterocycles. The van der Waals surface area contributed by atoms with Crippen LogP contribution < -0.4 is 4.74 Å². The highest BCUT2D eigenvalue weighted by molar-refractivity contribution is 5.78. The summed E-state index contributed by atoms with van der Waals surface area (Å²) >= 11 is 0. The molecule has 1 rings (SSSR count). The third-order valence-corrected chi connectivity index (χ3v) is 2.73. The second-order valence-corrected chi connectivity index (χ2v) is 4.05. The van der Waals surface area contributed by atoms with Gasteiger partial charge in [0.25, 0.3) is 5.91 Å². The number of rotatable bonds is 6. The summed E-state index contributed by atoms with van der Waals surface area (Å²) in [5, 5.41) is 19.7. The first-order valence-electron chi connectivity index (χ1n) is 5.70. The van der Waals surface area contributed by atoms with Gasteiger partial charge in [-0.15, -0.1) is 0 Å². The molecule has 0 fully saturated rings. The standard InChI is InChI=1S/C12H16N2O5/c1-9(7-15)13(2)12(16)8-19-11-6-4-3-5-10(11)14(17)18/h3-6,9,15H,7-8H2,1-2H3. The molecule has 0 spiro atoms. The summed E-state index contributed by atoms with van der Waals surface area (Å²) in [6.07, 6.45) is 0. The van der Waals surface area contributed by atoms with Gasteiger partial charge in [-0.3, -0.25) is 14.9 Å². The number of aliphatic hydroxyl groups is 1. The summed E-state index contributed by atoms with van der Waals surface area (Å²) < 4.78 is 5.16. The van der Waals surface area contributed by atoms with Crippen LogP contribution in [0.15, 0.2) is 24.3 Å². The van der Waals surface area contributed by atoms with Gasteiger partial charge < -0.3 is 14.7 Å². The van der Waals surface area contributed by atoms with Crippen molar-refractivity contribution in [2.45, 2.75) is 13.0 Å². The summed E-state index contributed by atoms with van der Waals surface area (Å²) in [5.74, 6) is -0.314. The molecule has 0 aliphatic heterocycles. The number of nitro groups is 1. The minimum Gasteiger partial charge on any atom is -0.477 e. The number of carbonyl (C=O) groups is 1. The molecule has 104 valence electrons. The van der Waals surface area contributed by atoms with E-state index in [2.05, 4.69) is 0 Å². The lowest BCUT2D eigenvalue weighted by Crippen LogP contribution is -2.40. The van der Waals surface area contributed by atoms with Gasteiger partial charge in [0.05, 0.1) is 17.6 Å². The SMILES string of the molecule is CC(CO)N(C)C(=O)COc1ccccc1[N+](=O)[O-]. The van der Waals surface area contributed by atoms with Crippen molar-refractivity contribution in [2.24, 2.45) is 0 Å². The van der Waals surface area contributed by atoms with Gasteiger partial charge in [0.2, 0.25) is 0 Å². The van der Waals surface area contributed by atoms with Crippen LogP contribution in [0.4, 0.5) is 5.69 Å². The van der Waals surface area contributed by atoms with Crippen molar-refractivity contribution in [3.63, 3.8) is 0 Å². The van der Waals surface area contributed by atoms with Gasteiger partial charge in [0.15, 0.2) is 12.4 Å². The number of nitro benzene ring substituents is 1. The van der Waals surface area contributed by atoms with E-state index in [1.165, 1.54) is 30.1 Å². The quantitative estimate of drug-likeness (QED) is 0.608. The second-order valence-electron chi connectivity index (χ2n) is 4.05. The van der Waals surface area contributed by atoms with Gasteiger partial charge in [-0.25, -0.2) is 0 Å². The van der Waals surface area contributed by atoms with E-state index in [0.29, 0.717) is 0 Å². The Morgan fingerprint density at radius 3 is 2.74 bits per heavy atom. The van der Waals surface area contributed by atoms with Crippen molar-refractivity contribution in [3.8, 4) is 5.75 Å². The molecule has 0 saturated carbocycles. The Morgan fingerprint density at radius 1 is 1.53 bits per heavy atom. The number of aliphatic hydroxyl groups excluding tert-OH is 1. The zero-order valence-electron chi connectivity index (χ0n) is 10.8. The summed E-state index contributed by atoms with van der Waals surface area (Å²) in [6, 6.07) is 5.52. The average molecular weight is 268 g/mol. The summed E-state index contributed by atoms with van der Waals surface area (Å²) in [4.78, 5) is 23.2. The Labute approximate surface area is 110 Å². The molecule has 1 aromatic rings. The summed E-state index contributed by atoms with van der Waals surface area (Å²) in [5.41, 5.74) is -0.187. The molecule has 0 radical (unpaired) electrons. The maximum absolute atomic E-state index is 11.7. The van der Waals surface area contributed by atoms with Gasteiger partial charge in [-0.1, -0.05) is 12.1 Å². The maximum Gasteiger partial charge on any atom is 0.310 e. The number of amides is 1. The van der Waals surface area contributed by atoms with E-state index in [1.807, 2.05) is 0 Å². The van der Waals surface area contributed by atoms with E-state index in [4.69, 9.17) is 9.84 Å². The Bertz CT molecular complexity index is 463. The lowest BCUT2D eigenvalue weighted by Gasteiger charge is -2.22. The molecule has 1 aromatic carbocycles. The first-order chi connectivity index (χ1) is 8.97. The number of carbonyl (C=O) groups excluding carboxylic acids is 1. The average Bonchev–Trinajstić information content (AvgIpc) is 2.43. The van der Waals surface area contributed by atoms with Crippen LogP contribution in [-0.2, 0) is 4.79 Å². The van der Waals surface area contributed by atoms with E-state index in [1.54, 1.807) is 13.0 Å². The van der Waals surface area contributed by atoms with Crippen molar-refractivity contribution in [2.75, 3.05) is 20.3 Å². The van der Waals surface area contributed by atoms with Crippen molar-refractivity contribution in [3.05, 3.63) is 34.4 Å². The Hall–Kier alpha value is -2.15. The van der Waals surface area contributed by atoms with Crippen LogP contribution >= 0.6 is 0 Å². The van der Waals surface area contributed by atoms with Gasteiger partial charge in [0, 0.05) is 13.1 Å². The minimum atomic E-state index is -0.570. The Balaban J connectivity index is 2.67. The van der Waals surface area contributed by atoms with E-state index in [0.717, 1.165) is 0 Å². The molecule has 1 atom stereocenters. The first kappa shape index (κ1) is 14.9. The zero-order chi connectivity index (χ0) is 14.4. The highest BCUT2D eigenvalue weighted by atomic mass is 16.6. The molecule has 1 unspecified atom stereocenters. The number of para-hydroxylation sites is 2. The normalized spacial score (nSPS) is 11.7. The van der Waals surface area contributed by atoms with Crippen molar-refractivity contribution < 1.29 is 19.6 Å². The van der Waals surface area contributed by atoms with E-state index in [-0.39, 0.29) is 36.6 Å². The topological polar surface area (TPSA) is 92.9 Å². The van der Waals surface area contributed by atoms with Crippen LogP contribution in [0, 0.1) is 10.1 Å². The Kier molecular flexibility index (Phi) is 5.25. The number of nitrogens with zero attached hydrogens (tertiary/aromatic N) is 2. The molecular formula is C12H16N2O5. The summed E-state index contributed by atoms with van der Waals surface area (Å²) in [7, 11) is 1.53. The number of hydrogen-bond acceptors (Lipinski definition) is 5. The van der Waals surface area contributed by atoms with E-state index < -0.39 is 4.92 Å². The molecule has 1 amide bonds. The Morgan fingerprint density at radius 2 is 2.16 bits per heavy atom. The summed E-state index contributed by atoms with van der Waals surface area (Å²) in [6.45, 7) is 1.21. The van der Waals surface area contributed by atoms with Crippen LogP contribution in [0.2, 0.25) is 0 Å². The lowest BCUT2D eigenvalue weighted by molar-refractivity contribution is -0.385. The fraction of sp³-hybridized carbons (Fsp3) is 0.417. The fourth-order valence-corrected chi connectivity index (χ4v) is 1.34. The van der Waals surface area contributed by atoms with Crippen LogP contribution in [0.1, 0.15) is 6.92 Å². The minimum absolute atomic E-state index is 0.0471. The zero-order valence-corrected chi connectivity index (χ0v) is 10.8. The molecule has 0 heterocycles. The molecule has 19 heavy (non-hydrogen) atoms. The van der Waals surface area contributed by atoms with Crippen molar-refractivity contribution in [1.29, 1.82) is 0 Å². The van der Waals surface area contributed by atoms with E-state index in [9.17, 15) is 14.9 Å². The molecular weight excluding hydrogens is 252 g/mol. The molecule has 7 nitrogen and oxygen atoms in total. The molecule has 0 aromatic heterocycles. The third-order valence-electron chi connectivity index (χ3n) is 2.73. The molecule has 0 aliphatic rings. The van der Waals surface area contributed by atoms with Crippen molar-refractivity contribution in [1.82, 2.24) is 4.90 Å². The number of hydrogen-bond donors (Lipinski definition) is 1. The predicted molar refractivity (Wildman–Crippen MR) is 67.9 cm³/mol. The number of likely N-dealkylation sites (N-methyl/N-ethyl adjacent to an activating group) is 1. The predicted octanol–water partition coefficient (Wildman–Crippen LogP) is 0.813. The molecule has 0 aliphatic carbocycles. The van der Waals surface area contributed by atoms with Crippen LogP contribution in [0.25, 0.3) is 0 Å². The molecule has 7 heteroatoms.